The van der Waals surface area contributed by atoms with Crippen LogP contribution < -0.4 is 0 Å². The Morgan fingerprint density at radius 2 is 1.61 bits per heavy atom. The molecule has 5 heteroatoms. The fourth-order valence-corrected chi connectivity index (χ4v) is 7.73. The second kappa shape index (κ2) is 14.8. The highest BCUT2D eigenvalue weighted by atomic mass is 16.5. The minimum absolute atomic E-state index is 0.0854. The van der Waals surface area contributed by atoms with Gasteiger partial charge < -0.3 is 9.47 Å². The molecule has 1 aromatic carbocycles. The molecule has 0 radical (unpaired) electrons. The highest BCUT2D eigenvalue weighted by Gasteiger charge is 2.28. The average Bonchev–Trinajstić information content (AvgIpc) is 3.73. The fraction of sp³-hybridized carbons (Fsp3) is 0.722. The molecule has 0 spiro atoms. The van der Waals surface area contributed by atoms with Crippen LogP contribution in [-0.2, 0) is 22.4 Å². The summed E-state index contributed by atoms with van der Waals surface area (Å²) in [5, 5.41) is 9.38. The van der Waals surface area contributed by atoms with Gasteiger partial charge in [0.15, 0.2) is 0 Å². The highest BCUT2D eigenvalue weighted by molar-refractivity contribution is 5.27. The summed E-state index contributed by atoms with van der Waals surface area (Å²) in [5.74, 6) is 8.89. The van der Waals surface area contributed by atoms with E-state index in [2.05, 4.69) is 46.0 Å². The van der Waals surface area contributed by atoms with Gasteiger partial charge in [0, 0.05) is 13.0 Å². The van der Waals surface area contributed by atoms with Crippen LogP contribution in [0.25, 0.3) is 0 Å². The highest BCUT2D eigenvalue weighted by Crippen LogP contribution is 2.36. The fourth-order valence-electron chi connectivity index (χ4n) is 7.73. The minimum atomic E-state index is 0.0854. The van der Waals surface area contributed by atoms with E-state index >= 15 is 0 Å². The smallest absolute Gasteiger partial charge is 0.118 e. The van der Waals surface area contributed by atoms with Gasteiger partial charge in [0.05, 0.1) is 18.8 Å². The topological polar surface area (TPSA) is 49.2 Å². The van der Waals surface area contributed by atoms with E-state index in [1.54, 1.807) is 0 Å². The zero-order valence-electron chi connectivity index (χ0n) is 25.2. The Hall–Kier alpha value is -2.16. The first-order valence-corrected chi connectivity index (χ1v) is 17.0. The Labute approximate surface area is 248 Å². The van der Waals surface area contributed by atoms with E-state index in [9.17, 15) is 0 Å². The van der Waals surface area contributed by atoms with Crippen LogP contribution in [0.5, 0.6) is 0 Å². The second-order valence-corrected chi connectivity index (χ2v) is 13.3. The molecule has 5 nitrogen and oxygen atoms in total. The molecule has 222 valence electrons. The second-order valence-electron chi connectivity index (χ2n) is 13.3. The van der Waals surface area contributed by atoms with Gasteiger partial charge in [0.25, 0.3) is 0 Å². The average molecular weight is 558 g/mol. The largest absolute Gasteiger partial charge is 0.372 e. The Morgan fingerprint density at radius 3 is 2.51 bits per heavy atom. The summed E-state index contributed by atoms with van der Waals surface area (Å²) < 4.78 is 15.0. The molecule has 2 fully saturated rings. The van der Waals surface area contributed by atoms with E-state index in [1.807, 2.05) is 0 Å². The lowest BCUT2D eigenvalue weighted by atomic mass is 9.96. The number of nitrogens with zero attached hydrogens (tertiary/aromatic N) is 3. The van der Waals surface area contributed by atoms with E-state index in [-0.39, 0.29) is 12.2 Å². The van der Waals surface area contributed by atoms with Crippen molar-refractivity contribution in [1.82, 2.24) is 15.0 Å². The SMILES string of the molecule is C1#CC(OCC2CCC(CCOC3CCCCCc4c3nnn4Cc3ccc(C4CCCC4)cc3)C2)CCCCC1. The van der Waals surface area contributed by atoms with Crippen LogP contribution in [0.4, 0.5) is 0 Å². The quantitative estimate of drug-likeness (QED) is 0.276. The van der Waals surface area contributed by atoms with Crippen LogP contribution in [0, 0.1) is 23.7 Å². The van der Waals surface area contributed by atoms with Crippen molar-refractivity contribution in [2.24, 2.45) is 11.8 Å². The van der Waals surface area contributed by atoms with E-state index in [1.165, 1.54) is 100 Å². The number of aromatic nitrogens is 3. The summed E-state index contributed by atoms with van der Waals surface area (Å²) in [7, 11) is 0. The number of hydrogen-bond acceptors (Lipinski definition) is 4. The molecule has 41 heavy (non-hydrogen) atoms. The molecule has 4 aliphatic carbocycles. The molecule has 4 aliphatic rings. The van der Waals surface area contributed by atoms with E-state index in [4.69, 9.17) is 14.6 Å². The van der Waals surface area contributed by atoms with Crippen LogP contribution in [-0.4, -0.2) is 34.3 Å². The molecule has 2 saturated carbocycles. The zero-order valence-corrected chi connectivity index (χ0v) is 25.2. The summed E-state index contributed by atoms with van der Waals surface area (Å²) >= 11 is 0. The maximum absolute atomic E-state index is 6.59. The molecule has 0 bridgehead atoms. The van der Waals surface area contributed by atoms with Crippen molar-refractivity contribution in [3.8, 4) is 11.8 Å². The van der Waals surface area contributed by atoms with E-state index in [0.29, 0.717) is 5.92 Å². The van der Waals surface area contributed by atoms with E-state index in [0.717, 1.165) is 69.4 Å². The third-order valence-corrected chi connectivity index (χ3v) is 10.3. The van der Waals surface area contributed by atoms with Gasteiger partial charge in [-0.2, -0.15) is 0 Å². The molecule has 2 aromatic rings. The number of fused-ring (bicyclic) bond motifs is 1. The van der Waals surface area contributed by atoms with Gasteiger partial charge >= 0.3 is 0 Å². The van der Waals surface area contributed by atoms with Crippen molar-refractivity contribution >= 4 is 0 Å². The predicted octanol–water partition coefficient (Wildman–Crippen LogP) is 8.32. The van der Waals surface area contributed by atoms with Crippen LogP contribution in [0.1, 0.15) is 144 Å². The Bertz CT molecular complexity index is 1140. The first-order chi connectivity index (χ1) is 20.3. The van der Waals surface area contributed by atoms with Crippen molar-refractivity contribution in [2.75, 3.05) is 13.2 Å². The number of rotatable bonds is 10. The standard InChI is InChI=1S/C36H51N3O2/c1-2-5-13-33(14-6-3-1)41-27-30-18-17-28(25-30)23-24-40-35-16-8-4-7-15-34-36(35)37-38-39(34)26-29-19-21-32(22-20-29)31-11-9-10-12-31/h19-22,28,30-31,33,35H,1-5,7-13,15-18,23-27H2. The summed E-state index contributed by atoms with van der Waals surface area (Å²) in [6.45, 7) is 2.51. The predicted molar refractivity (Wildman–Crippen MR) is 164 cm³/mol. The number of ether oxygens (including phenoxy) is 2. The molecule has 6 rings (SSSR count). The van der Waals surface area contributed by atoms with Crippen LogP contribution in [0.15, 0.2) is 24.3 Å². The molecule has 4 unspecified atom stereocenters. The van der Waals surface area contributed by atoms with Crippen molar-refractivity contribution in [1.29, 1.82) is 0 Å². The molecule has 4 atom stereocenters. The van der Waals surface area contributed by atoms with Gasteiger partial charge in [-0.3, -0.25) is 0 Å². The lowest BCUT2D eigenvalue weighted by Crippen LogP contribution is -2.17. The Kier molecular flexibility index (Phi) is 10.5. The van der Waals surface area contributed by atoms with Gasteiger partial charge in [-0.05, 0) is 99.5 Å². The van der Waals surface area contributed by atoms with Gasteiger partial charge in [-0.1, -0.05) is 73.9 Å². The monoisotopic (exact) mass is 557 g/mol. The molecule has 0 saturated heterocycles. The summed E-state index contributed by atoms with van der Waals surface area (Å²) in [6.07, 6.45) is 22.5. The lowest BCUT2D eigenvalue weighted by molar-refractivity contribution is 0.0305. The van der Waals surface area contributed by atoms with Crippen molar-refractivity contribution in [2.45, 2.75) is 140 Å². The third kappa shape index (κ3) is 8.02. The van der Waals surface area contributed by atoms with Crippen molar-refractivity contribution in [3.05, 3.63) is 46.8 Å². The molecule has 1 aromatic heterocycles. The van der Waals surface area contributed by atoms with Crippen molar-refractivity contribution < 1.29 is 9.47 Å². The third-order valence-electron chi connectivity index (χ3n) is 10.3. The summed E-state index contributed by atoms with van der Waals surface area (Å²) in [5.41, 5.74) is 5.23. The molecule has 0 aliphatic heterocycles. The van der Waals surface area contributed by atoms with Crippen molar-refractivity contribution in [3.63, 3.8) is 0 Å². The summed E-state index contributed by atoms with van der Waals surface area (Å²) in [6, 6.07) is 9.32. The number of benzene rings is 1. The van der Waals surface area contributed by atoms with Crippen LogP contribution in [0.3, 0.4) is 0 Å². The molecule has 0 amide bonds. The lowest BCUT2D eigenvalue weighted by Gasteiger charge is -2.21. The number of hydrogen-bond donors (Lipinski definition) is 0. The molecule has 0 N–H and O–H groups in total. The van der Waals surface area contributed by atoms with Gasteiger partial charge in [0.1, 0.15) is 17.9 Å². The maximum Gasteiger partial charge on any atom is 0.118 e. The van der Waals surface area contributed by atoms with Crippen LogP contribution >= 0.6 is 0 Å². The Balaban J connectivity index is 0.988. The zero-order chi connectivity index (χ0) is 27.7. The van der Waals surface area contributed by atoms with Gasteiger partial charge in [0.2, 0.25) is 0 Å². The normalized spacial score (nSPS) is 27.3. The maximum atomic E-state index is 6.59. The summed E-state index contributed by atoms with van der Waals surface area (Å²) in [4.78, 5) is 0. The minimum Gasteiger partial charge on any atom is -0.372 e. The van der Waals surface area contributed by atoms with Gasteiger partial charge in [-0.25, -0.2) is 4.68 Å². The van der Waals surface area contributed by atoms with Gasteiger partial charge in [-0.15, -0.1) is 11.0 Å². The van der Waals surface area contributed by atoms with E-state index < -0.39 is 0 Å². The van der Waals surface area contributed by atoms with Crippen LogP contribution in [0.2, 0.25) is 0 Å². The first kappa shape index (κ1) is 28.9. The molecular weight excluding hydrogens is 506 g/mol. The molecular formula is C36H51N3O2. The Morgan fingerprint density at radius 1 is 0.805 bits per heavy atom. The molecule has 1 heterocycles. The first-order valence-electron chi connectivity index (χ1n) is 17.0.